The quantitative estimate of drug-likeness (QED) is 0.861. The van der Waals surface area contributed by atoms with Gasteiger partial charge in [-0.2, -0.15) is 0 Å². The molecule has 0 amide bonds. The first kappa shape index (κ1) is 15.0. The summed E-state index contributed by atoms with van der Waals surface area (Å²) in [5.74, 6) is -0.514. The van der Waals surface area contributed by atoms with Gasteiger partial charge in [-0.25, -0.2) is 9.48 Å². The normalized spacial score (nSPS) is 10.9. The van der Waals surface area contributed by atoms with Crippen molar-refractivity contribution in [1.82, 2.24) is 19.9 Å². The SMILES string of the molecule is COc1ccccc1-c1c(C(=O)O)nnn1CCN(C)C. The number of carbonyl (C=O) groups is 1. The first-order valence-corrected chi connectivity index (χ1v) is 6.49. The van der Waals surface area contributed by atoms with Crippen molar-refractivity contribution in [3.05, 3.63) is 30.0 Å². The van der Waals surface area contributed by atoms with E-state index in [0.29, 0.717) is 23.6 Å². The second kappa shape index (κ2) is 6.36. The molecule has 0 spiro atoms. The number of rotatable bonds is 6. The van der Waals surface area contributed by atoms with Crippen LogP contribution in [0.4, 0.5) is 0 Å². The molecule has 1 aromatic carbocycles. The fourth-order valence-corrected chi connectivity index (χ4v) is 2.02. The lowest BCUT2D eigenvalue weighted by atomic mass is 10.1. The summed E-state index contributed by atoms with van der Waals surface area (Å²) in [5.41, 5.74) is 1.06. The van der Waals surface area contributed by atoms with E-state index in [1.165, 1.54) is 0 Å². The highest BCUT2D eigenvalue weighted by Gasteiger charge is 2.22. The van der Waals surface area contributed by atoms with E-state index in [2.05, 4.69) is 10.3 Å². The number of hydrogen-bond acceptors (Lipinski definition) is 5. The lowest BCUT2D eigenvalue weighted by Gasteiger charge is -2.13. The Balaban J connectivity index is 2.53. The lowest BCUT2D eigenvalue weighted by Crippen LogP contribution is -2.19. The van der Waals surface area contributed by atoms with Crippen molar-refractivity contribution >= 4 is 5.97 Å². The molecule has 7 nitrogen and oxygen atoms in total. The van der Waals surface area contributed by atoms with Crippen LogP contribution in [0.15, 0.2) is 24.3 Å². The van der Waals surface area contributed by atoms with E-state index in [-0.39, 0.29) is 5.69 Å². The molecule has 0 fully saturated rings. The van der Waals surface area contributed by atoms with E-state index in [0.717, 1.165) is 6.54 Å². The van der Waals surface area contributed by atoms with Gasteiger partial charge < -0.3 is 14.7 Å². The third kappa shape index (κ3) is 3.19. The minimum Gasteiger partial charge on any atom is -0.496 e. The molecule has 2 rings (SSSR count). The number of carboxylic acids is 1. The van der Waals surface area contributed by atoms with Crippen molar-refractivity contribution in [3.8, 4) is 17.0 Å². The van der Waals surface area contributed by atoms with Crippen molar-refractivity contribution in [2.45, 2.75) is 6.54 Å². The number of aromatic nitrogens is 3. The molecule has 0 bridgehead atoms. The number of methoxy groups -OCH3 is 1. The van der Waals surface area contributed by atoms with Crippen LogP contribution in [0, 0.1) is 0 Å². The number of ether oxygens (including phenoxy) is 1. The van der Waals surface area contributed by atoms with Crippen LogP contribution in [-0.4, -0.2) is 58.7 Å². The summed E-state index contributed by atoms with van der Waals surface area (Å²) in [6.45, 7) is 1.27. The van der Waals surface area contributed by atoms with Gasteiger partial charge in [-0.3, -0.25) is 0 Å². The van der Waals surface area contributed by atoms with Crippen LogP contribution in [0.2, 0.25) is 0 Å². The Bertz CT molecular complexity index is 637. The third-order valence-electron chi connectivity index (χ3n) is 3.06. The van der Waals surface area contributed by atoms with Crippen molar-refractivity contribution in [2.24, 2.45) is 0 Å². The summed E-state index contributed by atoms with van der Waals surface area (Å²) in [5, 5.41) is 17.1. The number of likely N-dealkylation sites (N-methyl/N-ethyl adjacent to an activating group) is 1. The van der Waals surface area contributed by atoms with Crippen LogP contribution < -0.4 is 4.74 Å². The van der Waals surface area contributed by atoms with Crippen molar-refractivity contribution in [2.75, 3.05) is 27.7 Å². The first-order chi connectivity index (χ1) is 10.0. The number of nitrogens with zero attached hydrogens (tertiary/aromatic N) is 4. The minimum atomic E-state index is -1.10. The van der Waals surface area contributed by atoms with Crippen LogP contribution in [0.3, 0.4) is 0 Å². The zero-order valence-corrected chi connectivity index (χ0v) is 12.3. The number of hydrogen-bond donors (Lipinski definition) is 1. The zero-order chi connectivity index (χ0) is 15.4. The minimum absolute atomic E-state index is 0.0711. The maximum absolute atomic E-state index is 11.4. The molecule has 112 valence electrons. The number of carboxylic acid groups (broad SMARTS) is 1. The van der Waals surface area contributed by atoms with E-state index < -0.39 is 5.97 Å². The molecule has 2 aromatic rings. The van der Waals surface area contributed by atoms with Crippen LogP contribution in [0.1, 0.15) is 10.5 Å². The molecule has 0 atom stereocenters. The molecule has 1 heterocycles. The molecule has 0 saturated carbocycles. The Morgan fingerprint density at radius 3 is 2.71 bits per heavy atom. The van der Waals surface area contributed by atoms with Crippen LogP contribution >= 0.6 is 0 Å². The van der Waals surface area contributed by atoms with Crippen molar-refractivity contribution in [3.63, 3.8) is 0 Å². The average molecular weight is 290 g/mol. The standard InChI is InChI=1S/C14H18N4O3/c1-17(2)8-9-18-13(12(14(19)20)15-16-18)10-6-4-5-7-11(10)21-3/h4-7H,8-9H2,1-3H3,(H,19,20). The Morgan fingerprint density at radius 1 is 1.38 bits per heavy atom. The highest BCUT2D eigenvalue weighted by atomic mass is 16.5. The Hall–Kier alpha value is -2.41. The van der Waals surface area contributed by atoms with Gasteiger partial charge in [-0.1, -0.05) is 17.3 Å². The van der Waals surface area contributed by atoms with E-state index in [1.807, 2.05) is 31.1 Å². The number of para-hydroxylation sites is 1. The number of benzene rings is 1. The highest BCUT2D eigenvalue weighted by Crippen LogP contribution is 2.31. The predicted octanol–water partition coefficient (Wildman–Crippen LogP) is 1.21. The van der Waals surface area contributed by atoms with E-state index in [1.54, 1.807) is 23.9 Å². The molecule has 0 aliphatic heterocycles. The fraction of sp³-hybridized carbons (Fsp3) is 0.357. The molecule has 0 saturated heterocycles. The summed E-state index contributed by atoms with van der Waals surface area (Å²) in [4.78, 5) is 13.4. The van der Waals surface area contributed by atoms with Gasteiger partial charge in [-0.05, 0) is 26.2 Å². The van der Waals surface area contributed by atoms with Gasteiger partial charge in [0.25, 0.3) is 0 Å². The first-order valence-electron chi connectivity index (χ1n) is 6.49. The fourth-order valence-electron chi connectivity index (χ4n) is 2.02. The Labute approximate surface area is 122 Å². The maximum atomic E-state index is 11.4. The maximum Gasteiger partial charge on any atom is 0.358 e. The van der Waals surface area contributed by atoms with Gasteiger partial charge in [-0.15, -0.1) is 5.10 Å². The van der Waals surface area contributed by atoms with Crippen LogP contribution in [-0.2, 0) is 6.54 Å². The van der Waals surface area contributed by atoms with E-state index >= 15 is 0 Å². The van der Waals surface area contributed by atoms with Gasteiger partial charge in [0.05, 0.1) is 13.7 Å². The molecule has 7 heteroatoms. The number of aromatic carboxylic acids is 1. The van der Waals surface area contributed by atoms with Crippen molar-refractivity contribution in [1.29, 1.82) is 0 Å². The van der Waals surface area contributed by atoms with Crippen molar-refractivity contribution < 1.29 is 14.6 Å². The van der Waals surface area contributed by atoms with Gasteiger partial charge in [0, 0.05) is 12.1 Å². The molecule has 0 aliphatic carbocycles. The smallest absolute Gasteiger partial charge is 0.358 e. The Kier molecular flexibility index (Phi) is 4.54. The summed E-state index contributed by atoms with van der Waals surface area (Å²) >= 11 is 0. The molecule has 1 N–H and O–H groups in total. The van der Waals surface area contributed by atoms with Crippen LogP contribution in [0.5, 0.6) is 5.75 Å². The topological polar surface area (TPSA) is 80.5 Å². The molecule has 21 heavy (non-hydrogen) atoms. The molecule has 1 aromatic heterocycles. The molecule has 0 aliphatic rings. The van der Waals surface area contributed by atoms with Gasteiger partial charge in [0.1, 0.15) is 11.4 Å². The monoisotopic (exact) mass is 290 g/mol. The lowest BCUT2D eigenvalue weighted by molar-refractivity contribution is 0.0691. The van der Waals surface area contributed by atoms with Crippen LogP contribution in [0.25, 0.3) is 11.3 Å². The largest absolute Gasteiger partial charge is 0.496 e. The molecule has 0 radical (unpaired) electrons. The summed E-state index contributed by atoms with van der Waals surface area (Å²) in [7, 11) is 5.43. The van der Waals surface area contributed by atoms with E-state index in [4.69, 9.17) is 4.74 Å². The third-order valence-corrected chi connectivity index (χ3v) is 3.06. The summed E-state index contributed by atoms with van der Waals surface area (Å²) in [6, 6.07) is 7.24. The summed E-state index contributed by atoms with van der Waals surface area (Å²) < 4.78 is 6.91. The average Bonchev–Trinajstić information content (AvgIpc) is 2.88. The Morgan fingerprint density at radius 2 is 2.10 bits per heavy atom. The second-order valence-electron chi connectivity index (χ2n) is 4.82. The highest BCUT2D eigenvalue weighted by molar-refractivity contribution is 5.93. The molecule has 0 unspecified atom stereocenters. The van der Waals surface area contributed by atoms with Gasteiger partial charge in [0.2, 0.25) is 0 Å². The predicted molar refractivity (Wildman–Crippen MR) is 77.5 cm³/mol. The summed E-state index contributed by atoms with van der Waals surface area (Å²) in [6.07, 6.45) is 0. The molecular formula is C14H18N4O3. The molecular weight excluding hydrogens is 272 g/mol. The second-order valence-corrected chi connectivity index (χ2v) is 4.82. The zero-order valence-electron chi connectivity index (χ0n) is 12.3. The van der Waals surface area contributed by atoms with Gasteiger partial charge in [0.15, 0.2) is 5.69 Å². The van der Waals surface area contributed by atoms with Gasteiger partial charge >= 0.3 is 5.97 Å². The van der Waals surface area contributed by atoms with E-state index in [9.17, 15) is 9.90 Å².